The minimum atomic E-state index is 0.275. The van der Waals surface area contributed by atoms with Crippen LogP contribution in [0.2, 0.25) is 0 Å². The molecule has 0 aliphatic heterocycles. The Bertz CT molecular complexity index is 406. The number of imidazole rings is 1. The fourth-order valence-corrected chi connectivity index (χ4v) is 1.47. The number of hydrogen-bond donors (Lipinski definition) is 1. The van der Waals surface area contributed by atoms with Gasteiger partial charge in [-0.15, -0.1) is 0 Å². The summed E-state index contributed by atoms with van der Waals surface area (Å²) in [4.78, 5) is 11.6. The van der Waals surface area contributed by atoms with Crippen LogP contribution in [0.4, 0.5) is 0 Å². The summed E-state index contributed by atoms with van der Waals surface area (Å²) in [5.74, 6) is 0.275. The molecule has 0 saturated heterocycles. The maximum absolute atomic E-state index is 4.48. The molecule has 2 aromatic rings. The van der Waals surface area contributed by atoms with Crippen molar-refractivity contribution in [3.8, 4) is 0 Å². The second-order valence-electron chi connectivity index (χ2n) is 3.43. The first-order valence-electron chi connectivity index (χ1n) is 4.69. The van der Waals surface area contributed by atoms with Crippen molar-refractivity contribution in [1.82, 2.24) is 15.0 Å². The smallest absolute Gasteiger partial charge is 0.0921 e. The average molecular weight is 187 g/mol. The lowest BCUT2D eigenvalue weighted by molar-refractivity contribution is 0.833. The number of H-pyrrole nitrogens is 1. The van der Waals surface area contributed by atoms with Gasteiger partial charge in [-0.1, -0.05) is 13.0 Å². The maximum atomic E-state index is 4.48. The van der Waals surface area contributed by atoms with Gasteiger partial charge >= 0.3 is 0 Å². The monoisotopic (exact) mass is 187 g/mol. The number of aromatic amines is 1. The predicted octanol–water partition coefficient (Wildman–Crippen LogP) is 2.26. The van der Waals surface area contributed by atoms with Gasteiger partial charge in [0.25, 0.3) is 0 Å². The van der Waals surface area contributed by atoms with Crippen LogP contribution in [0.25, 0.3) is 0 Å². The van der Waals surface area contributed by atoms with E-state index in [4.69, 9.17) is 0 Å². The van der Waals surface area contributed by atoms with Gasteiger partial charge in [0.05, 0.1) is 6.33 Å². The molecule has 1 unspecified atom stereocenters. The van der Waals surface area contributed by atoms with E-state index in [0.29, 0.717) is 0 Å². The molecular formula is C11H13N3. The molecule has 72 valence electrons. The van der Waals surface area contributed by atoms with Gasteiger partial charge in [0.1, 0.15) is 0 Å². The van der Waals surface area contributed by atoms with Gasteiger partial charge in [-0.2, -0.15) is 0 Å². The van der Waals surface area contributed by atoms with Gasteiger partial charge < -0.3 is 4.98 Å². The summed E-state index contributed by atoms with van der Waals surface area (Å²) in [5, 5.41) is 0. The van der Waals surface area contributed by atoms with Crippen LogP contribution in [0.5, 0.6) is 0 Å². The molecule has 3 nitrogen and oxygen atoms in total. The van der Waals surface area contributed by atoms with E-state index in [-0.39, 0.29) is 5.92 Å². The standard InChI is InChI=1S/C11H13N3/c1-8-4-3-5-10(14-8)9(2)11-6-12-7-13-11/h3-7,9H,1-2H3,(H,12,13). The molecule has 2 rings (SSSR count). The quantitative estimate of drug-likeness (QED) is 0.783. The highest BCUT2D eigenvalue weighted by molar-refractivity contribution is 5.21. The SMILES string of the molecule is Cc1cccc(C(C)c2cnc[nH]2)n1. The van der Waals surface area contributed by atoms with Crippen molar-refractivity contribution in [2.24, 2.45) is 0 Å². The molecule has 14 heavy (non-hydrogen) atoms. The Morgan fingerprint density at radius 2 is 2.21 bits per heavy atom. The van der Waals surface area contributed by atoms with Crippen LogP contribution in [0.3, 0.4) is 0 Å². The number of aryl methyl sites for hydroxylation is 1. The average Bonchev–Trinajstić information content (AvgIpc) is 2.69. The summed E-state index contributed by atoms with van der Waals surface area (Å²) in [6.07, 6.45) is 3.54. The summed E-state index contributed by atoms with van der Waals surface area (Å²) in [6.45, 7) is 4.12. The van der Waals surface area contributed by atoms with Crippen molar-refractivity contribution in [3.05, 3.63) is 47.8 Å². The molecule has 0 saturated carbocycles. The Hall–Kier alpha value is -1.64. The number of nitrogens with one attached hydrogen (secondary N) is 1. The van der Waals surface area contributed by atoms with Crippen LogP contribution in [-0.4, -0.2) is 15.0 Å². The largest absolute Gasteiger partial charge is 0.348 e. The summed E-state index contributed by atoms with van der Waals surface area (Å²) in [7, 11) is 0. The summed E-state index contributed by atoms with van der Waals surface area (Å²) in [5.41, 5.74) is 3.23. The molecule has 0 aromatic carbocycles. The zero-order chi connectivity index (χ0) is 9.97. The normalized spacial score (nSPS) is 12.7. The van der Waals surface area contributed by atoms with E-state index in [1.807, 2.05) is 31.3 Å². The Morgan fingerprint density at radius 3 is 2.86 bits per heavy atom. The van der Waals surface area contributed by atoms with E-state index in [1.54, 1.807) is 6.33 Å². The second-order valence-corrected chi connectivity index (χ2v) is 3.43. The highest BCUT2D eigenvalue weighted by atomic mass is 14.9. The maximum Gasteiger partial charge on any atom is 0.0921 e. The molecule has 0 fully saturated rings. The lowest BCUT2D eigenvalue weighted by Crippen LogP contribution is -2.00. The van der Waals surface area contributed by atoms with Crippen molar-refractivity contribution < 1.29 is 0 Å². The number of pyridine rings is 1. The van der Waals surface area contributed by atoms with Crippen molar-refractivity contribution in [1.29, 1.82) is 0 Å². The summed E-state index contributed by atoms with van der Waals surface area (Å²) >= 11 is 0. The Morgan fingerprint density at radius 1 is 1.36 bits per heavy atom. The third-order valence-electron chi connectivity index (χ3n) is 2.34. The van der Waals surface area contributed by atoms with E-state index >= 15 is 0 Å². The van der Waals surface area contributed by atoms with Crippen LogP contribution < -0.4 is 0 Å². The molecule has 0 radical (unpaired) electrons. The van der Waals surface area contributed by atoms with Crippen LogP contribution in [0, 0.1) is 6.92 Å². The first-order valence-corrected chi connectivity index (χ1v) is 4.69. The fraction of sp³-hybridized carbons (Fsp3) is 0.273. The van der Waals surface area contributed by atoms with E-state index in [9.17, 15) is 0 Å². The number of hydrogen-bond acceptors (Lipinski definition) is 2. The van der Waals surface area contributed by atoms with Crippen molar-refractivity contribution in [2.45, 2.75) is 19.8 Å². The number of nitrogens with zero attached hydrogens (tertiary/aromatic N) is 2. The lowest BCUT2D eigenvalue weighted by atomic mass is 10.0. The molecule has 0 aliphatic rings. The Kier molecular flexibility index (Phi) is 2.31. The summed E-state index contributed by atoms with van der Waals surface area (Å²) < 4.78 is 0. The van der Waals surface area contributed by atoms with Gasteiger partial charge in [-0.05, 0) is 19.1 Å². The molecular weight excluding hydrogens is 174 g/mol. The van der Waals surface area contributed by atoms with Crippen molar-refractivity contribution in [3.63, 3.8) is 0 Å². The number of rotatable bonds is 2. The Balaban J connectivity index is 2.32. The Labute approximate surface area is 83.2 Å². The number of aromatic nitrogens is 3. The first kappa shape index (κ1) is 8.94. The zero-order valence-corrected chi connectivity index (χ0v) is 8.36. The minimum Gasteiger partial charge on any atom is -0.348 e. The molecule has 3 heteroatoms. The predicted molar refractivity (Wildman–Crippen MR) is 55.1 cm³/mol. The molecule has 0 bridgehead atoms. The van der Waals surface area contributed by atoms with Crippen LogP contribution in [0.1, 0.15) is 29.9 Å². The van der Waals surface area contributed by atoms with Gasteiger partial charge in [-0.25, -0.2) is 4.98 Å². The second kappa shape index (κ2) is 3.62. The fourth-order valence-electron chi connectivity index (χ4n) is 1.47. The lowest BCUT2D eigenvalue weighted by Gasteiger charge is -2.08. The van der Waals surface area contributed by atoms with Crippen LogP contribution in [-0.2, 0) is 0 Å². The first-order chi connectivity index (χ1) is 6.77. The minimum absolute atomic E-state index is 0.275. The van der Waals surface area contributed by atoms with Gasteiger partial charge in [0, 0.05) is 29.2 Å². The molecule has 0 amide bonds. The van der Waals surface area contributed by atoms with Crippen molar-refractivity contribution in [2.75, 3.05) is 0 Å². The highest BCUT2D eigenvalue weighted by Crippen LogP contribution is 2.19. The molecule has 2 aromatic heterocycles. The van der Waals surface area contributed by atoms with Gasteiger partial charge in [-0.3, -0.25) is 4.98 Å². The van der Waals surface area contributed by atoms with E-state index in [1.165, 1.54) is 0 Å². The van der Waals surface area contributed by atoms with Gasteiger partial charge in [0.2, 0.25) is 0 Å². The molecule has 0 aliphatic carbocycles. The molecule has 1 N–H and O–H groups in total. The highest BCUT2D eigenvalue weighted by Gasteiger charge is 2.10. The van der Waals surface area contributed by atoms with E-state index in [0.717, 1.165) is 17.1 Å². The molecule has 1 atom stereocenters. The van der Waals surface area contributed by atoms with Gasteiger partial charge in [0.15, 0.2) is 0 Å². The topological polar surface area (TPSA) is 41.6 Å². The molecule has 0 spiro atoms. The van der Waals surface area contributed by atoms with E-state index in [2.05, 4.69) is 21.9 Å². The van der Waals surface area contributed by atoms with Crippen molar-refractivity contribution >= 4 is 0 Å². The third-order valence-corrected chi connectivity index (χ3v) is 2.34. The van der Waals surface area contributed by atoms with Crippen LogP contribution in [0.15, 0.2) is 30.7 Å². The summed E-state index contributed by atoms with van der Waals surface area (Å²) in [6, 6.07) is 6.08. The van der Waals surface area contributed by atoms with Crippen LogP contribution >= 0.6 is 0 Å². The zero-order valence-electron chi connectivity index (χ0n) is 8.36. The third kappa shape index (κ3) is 1.66. The molecule has 2 heterocycles. The van der Waals surface area contributed by atoms with E-state index < -0.39 is 0 Å².